The minimum Gasteiger partial charge on any atom is -0.378 e. The monoisotopic (exact) mass is 352 g/mol. The van der Waals surface area contributed by atoms with Crippen molar-refractivity contribution in [1.82, 2.24) is 15.6 Å². The van der Waals surface area contributed by atoms with Crippen LogP contribution in [0.1, 0.15) is 61.3 Å². The number of aryl methyl sites for hydroxylation is 1. The van der Waals surface area contributed by atoms with Gasteiger partial charge in [-0.2, -0.15) is 0 Å². The molecular formula is C18H32N4OS. The van der Waals surface area contributed by atoms with Gasteiger partial charge in [0, 0.05) is 31.3 Å². The number of ether oxygens (including phenoxy) is 1. The zero-order valence-electron chi connectivity index (χ0n) is 15.1. The topological polar surface area (TPSA) is 58.5 Å². The molecule has 5 nitrogen and oxygen atoms in total. The van der Waals surface area contributed by atoms with Crippen molar-refractivity contribution in [3.63, 3.8) is 0 Å². The molecule has 0 amide bonds. The Bertz CT molecular complexity index is 483. The molecule has 0 radical (unpaired) electrons. The van der Waals surface area contributed by atoms with Crippen LogP contribution in [0.15, 0.2) is 11.2 Å². The SMILES string of the molecule is CN=C(NCCCCCOC1CCCCC1)NCc1ncc(C)s1. The fourth-order valence-corrected chi connectivity index (χ4v) is 3.68. The number of nitrogens with zero attached hydrogens (tertiary/aromatic N) is 2. The van der Waals surface area contributed by atoms with Gasteiger partial charge in [-0.15, -0.1) is 11.3 Å². The number of guanidine groups is 1. The van der Waals surface area contributed by atoms with E-state index >= 15 is 0 Å². The maximum Gasteiger partial charge on any atom is 0.191 e. The average molecular weight is 353 g/mol. The van der Waals surface area contributed by atoms with Gasteiger partial charge in [0.15, 0.2) is 5.96 Å². The molecule has 2 rings (SSSR count). The molecular weight excluding hydrogens is 320 g/mol. The van der Waals surface area contributed by atoms with Gasteiger partial charge in [0.1, 0.15) is 5.01 Å². The maximum atomic E-state index is 5.96. The van der Waals surface area contributed by atoms with Gasteiger partial charge in [-0.1, -0.05) is 19.3 Å². The van der Waals surface area contributed by atoms with E-state index in [0.29, 0.717) is 6.10 Å². The molecule has 1 aliphatic rings. The Kier molecular flexibility index (Phi) is 9.13. The Hall–Kier alpha value is -1.14. The highest BCUT2D eigenvalue weighted by Gasteiger charge is 2.12. The Labute approximate surface area is 150 Å². The molecule has 0 bridgehead atoms. The van der Waals surface area contributed by atoms with Crippen LogP contribution in [0.2, 0.25) is 0 Å². The molecule has 0 saturated heterocycles. The van der Waals surface area contributed by atoms with E-state index < -0.39 is 0 Å². The predicted molar refractivity (Wildman–Crippen MR) is 102 cm³/mol. The van der Waals surface area contributed by atoms with Crippen molar-refractivity contribution >= 4 is 17.3 Å². The van der Waals surface area contributed by atoms with Gasteiger partial charge in [-0.25, -0.2) is 4.98 Å². The molecule has 0 atom stereocenters. The highest BCUT2D eigenvalue weighted by atomic mass is 32.1. The van der Waals surface area contributed by atoms with Crippen LogP contribution in [0.3, 0.4) is 0 Å². The molecule has 1 aliphatic carbocycles. The summed E-state index contributed by atoms with van der Waals surface area (Å²) in [6, 6.07) is 0. The standard InChI is InChI=1S/C18H32N4OS/c1-15-13-21-17(24-15)14-22-18(19-2)20-11-7-4-8-12-23-16-9-5-3-6-10-16/h13,16H,3-12,14H2,1-2H3,(H2,19,20,22). The molecule has 136 valence electrons. The van der Waals surface area contributed by atoms with E-state index in [-0.39, 0.29) is 0 Å². The fourth-order valence-electron chi connectivity index (χ4n) is 2.96. The molecule has 0 aliphatic heterocycles. The quantitative estimate of drug-likeness (QED) is 0.405. The summed E-state index contributed by atoms with van der Waals surface area (Å²) in [5, 5.41) is 7.76. The van der Waals surface area contributed by atoms with Gasteiger partial charge >= 0.3 is 0 Å². The summed E-state index contributed by atoms with van der Waals surface area (Å²) in [4.78, 5) is 9.84. The second kappa shape index (κ2) is 11.4. The number of thiazole rings is 1. The minimum absolute atomic E-state index is 0.536. The number of hydrogen-bond donors (Lipinski definition) is 2. The fraction of sp³-hybridized carbons (Fsp3) is 0.778. The zero-order chi connectivity index (χ0) is 17.0. The Balaban J connectivity index is 1.46. The first kappa shape index (κ1) is 19.2. The Morgan fingerprint density at radius 1 is 1.25 bits per heavy atom. The lowest BCUT2D eigenvalue weighted by Crippen LogP contribution is -2.37. The van der Waals surface area contributed by atoms with Crippen molar-refractivity contribution in [2.75, 3.05) is 20.2 Å². The van der Waals surface area contributed by atoms with Gasteiger partial charge < -0.3 is 15.4 Å². The molecule has 0 aromatic carbocycles. The van der Waals surface area contributed by atoms with Crippen molar-refractivity contribution < 1.29 is 4.74 Å². The van der Waals surface area contributed by atoms with Gasteiger partial charge in [0.2, 0.25) is 0 Å². The molecule has 1 aromatic heterocycles. The van der Waals surface area contributed by atoms with Gasteiger partial charge in [0.25, 0.3) is 0 Å². The third kappa shape index (κ3) is 7.62. The second-order valence-electron chi connectivity index (χ2n) is 6.41. The first-order valence-corrected chi connectivity index (χ1v) is 10.1. The van der Waals surface area contributed by atoms with Crippen molar-refractivity contribution in [1.29, 1.82) is 0 Å². The van der Waals surface area contributed by atoms with Crippen LogP contribution in [-0.2, 0) is 11.3 Å². The second-order valence-corrected chi connectivity index (χ2v) is 7.73. The van der Waals surface area contributed by atoms with Crippen molar-refractivity contribution in [3.8, 4) is 0 Å². The molecule has 1 fully saturated rings. The maximum absolute atomic E-state index is 5.96. The van der Waals surface area contributed by atoms with Crippen LogP contribution >= 0.6 is 11.3 Å². The summed E-state index contributed by atoms with van der Waals surface area (Å²) >= 11 is 1.72. The third-order valence-corrected chi connectivity index (χ3v) is 5.23. The lowest BCUT2D eigenvalue weighted by Gasteiger charge is -2.21. The van der Waals surface area contributed by atoms with Crippen molar-refractivity contribution in [2.24, 2.45) is 4.99 Å². The van der Waals surface area contributed by atoms with Crippen LogP contribution in [-0.4, -0.2) is 37.2 Å². The summed E-state index contributed by atoms with van der Waals surface area (Å²) in [6.45, 7) is 4.67. The summed E-state index contributed by atoms with van der Waals surface area (Å²) in [7, 11) is 1.81. The molecule has 2 N–H and O–H groups in total. The normalized spacial score (nSPS) is 16.3. The highest BCUT2D eigenvalue weighted by molar-refractivity contribution is 7.11. The van der Waals surface area contributed by atoms with Crippen molar-refractivity contribution in [2.45, 2.75) is 70.9 Å². The minimum atomic E-state index is 0.536. The molecule has 6 heteroatoms. The zero-order valence-corrected chi connectivity index (χ0v) is 16.0. The van der Waals surface area contributed by atoms with E-state index in [4.69, 9.17) is 4.74 Å². The van der Waals surface area contributed by atoms with E-state index in [1.165, 1.54) is 43.4 Å². The Morgan fingerprint density at radius 3 is 2.79 bits per heavy atom. The largest absolute Gasteiger partial charge is 0.378 e. The van der Waals surface area contributed by atoms with E-state index in [0.717, 1.165) is 43.5 Å². The van der Waals surface area contributed by atoms with E-state index in [9.17, 15) is 0 Å². The number of aliphatic imine (C=N–C) groups is 1. The average Bonchev–Trinajstić information content (AvgIpc) is 3.03. The molecule has 1 saturated carbocycles. The molecule has 0 unspecified atom stereocenters. The summed E-state index contributed by atoms with van der Waals surface area (Å²) in [5.74, 6) is 0.848. The van der Waals surface area contributed by atoms with Crippen LogP contribution in [0.5, 0.6) is 0 Å². The Morgan fingerprint density at radius 2 is 2.08 bits per heavy atom. The lowest BCUT2D eigenvalue weighted by molar-refractivity contribution is 0.0264. The molecule has 1 heterocycles. The number of nitrogens with one attached hydrogen (secondary N) is 2. The van der Waals surface area contributed by atoms with Crippen LogP contribution < -0.4 is 10.6 Å². The summed E-state index contributed by atoms with van der Waals surface area (Å²) < 4.78 is 5.96. The predicted octanol–water partition coefficient (Wildman–Crippen LogP) is 3.64. The van der Waals surface area contributed by atoms with Gasteiger partial charge in [-0.3, -0.25) is 4.99 Å². The van der Waals surface area contributed by atoms with Crippen LogP contribution in [0, 0.1) is 6.92 Å². The first-order chi connectivity index (χ1) is 11.8. The van der Waals surface area contributed by atoms with Gasteiger partial charge in [-0.05, 0) is 39.0 Å². The number of aromatic nitrogens is 1. The first-order valence-electron chi connectivity index (χ1n) is 9.25. The van der Waals surface area contributed by atoms with Crippen molar-refractivity contribution in [3.05, 3.63) is 16.1 Å². The molecule has 0 spiro atoms. The molecule has 24 heavy (non-hydrogen) atoms. The van der Waals surface area contributed by atoms with Crippen LogP contribution in [0.4, 0.5) is 0 Å². The van der Waals surface area contributed by atoms with E-state index in [1.54, 1.807) is 18.4 Å². The summed E-state index contributed by atoms with van der Waals surface area (Å²) in [5.41, 5.74) is 0. The number of unbranched alkanes of at least 4 members (excludes halogenated alkanes) is 2. The summed E-state index contributed by atoms with van der Waals surface area (Å²) in [6.07, 6.45) is 12.6. The van der Waals surface area contributed by atoms with E-state index in [2.05, 4.69) is 27.5 Å². The number of rotatable bonds is 9. The van der Waals surface area contributed by atoms with Crippen LogP contribution in [0.25, 0.3) is 0 Å². The van der Waals surface area contributed by atoms with Gasteiger partial charge in [0.05, 0.1) is 12.6 Å². The third-order valence-electron chi connectivity index (χ3n) is 4.32. The lowest BCUT2D eigenvalue weighted by atomic mass is 9.98. The highest BCUT2D eigenvalue weighted by Crippen LogP contribution is 2.20. The molecule has 1 aromatic rings. The van der Waals surface area contributed by atoms with E-state index in [1.807, 2.05) is 6.20 Å². The number of hydrogen-bond acceptors (Lipinski definition) is 4. The smallest absolute Gasteiger partial charge is 0.191 e.